The van der Waals surface area contributed by atoms with Crippen molar-refractivity contribution in [1.29, 1.82) is 0 Å². The average Bonchev–Trinajstić information content (AvgIpc) is 2.53. The largest absolute Gasteiger partial charge is 0.481 e. The smallest absolute Gasteiger partial charge is 0.260 e. The third-order valence-corrected chi connectivity index (χ3v) is 3.78. The minimum Gasteiger partial charge on any atom is -0.481 e. The number of hydrogen-bond acceptors (Lipinski definition) is 2. The van der Waals surface area contributed by atoms with Crippen LogP contribution >= 0.6 is 11.6 Å². The molecule has 0 fully saturated rings. The number of amides is 1. The number of nitrogens with one attached hydrogen (secondary N) is 1. The molecule has 0 bridgehead atoms. The number of carbonyl (C=O) groups excluding carboxylic acids is 1. The molecule has 2 aromatic rings. The monoisotopic (exact) mass is 331 g/mol. The molecule has 2 aromatic carbocycles. The Kier molecular flexibility index (Phi) is 6.48. The summed E-state index contributed by atoms with van der Waals surface area (Å²) in [5.74, 6) is 0.480. The van der Waals surface area contributed by atoms with Crippen molar-refractivity contribution in [3.05, 3.63) is 64.7 Å². The molecule has 1 N–H and O–H groups in total. The zero-order valence-electron chi connectivity index (χ0n) is 13.5. The Balaban J connectivity index is 1.70. The van der Waals surface area contributed by atoms with E-state index in [2.05, 4.69) is 36.5 Å². The number of ether oxygens (including phenoxy) is 1. The number of halogens is 1. The number of rotatable bonds is 7. The molecule has 0 saturated heterocycles. The Morgan fingerprint density at radius 3 is 2.65 bits per heavy atom. The Morgan fingerprint density at radius 1 is 1.22 bits per heavy atom. The van der Waals surface area contributed by atoms with Gasteiger partial charge in [0.15, 0.2) is 6.10 Å². The lowest BCUT2D eigenvalue weighted by molar-refractivity contribution is -0.127. The fourth-order valence-corrected chi connectivity index (χ4v) is 2.38. The van der Waals surface area contributed by atoms with E-state index in [9.17, 15) is 4.79 Å². The van der Waals surface area contributed by atoms with E-state index >= 15 is 0 Å². The Morgan fingerprint density at radius 2 is 1.96 bits per heavy atom. The van der Waals surface area contributed by atoms with Crippen LogP contribution < -0.4 is 10.1 Å². The van der Waals surface area contributed by atoms with Crippen LogP contribution in [0.3, 0.4) is 0 Å². The summed E-state index contributed by atoms with van der Waals surface area (Å²) in [6.07, 6.45) is 1.30. The summed E-state index contributed by atoms with van der Waals surface area (Å²) >= 11 is 5.90. The first-order valence-electron chi connectivity index (χ1n) is 7.80. The maximum Gasteiger partial charge on any atom is 0.260 e. The van der Waals surface area contributed by atoms with Gasteiger partial charge in [0.1, 0.15) is 5.75 Å². The van der Waals surface area contributed by atoms with Gasteiger partial charge in [0.25, 0.3) is 5.91 Å². The Bertz CT molecular complexity index is 640. The van der Waals surface area contributed by atoms with Crippen molar-refractivity contribution in [2.45, 2.75) is 32.8 Å². The number of hydrogen-bond donors (Lipinski definition) is 1. The molecule has 4 heteroatoms. The van der Waals surface area contributed by atoms with Gasteiger partial charge in [-0.05, 0) is 50.5 Å². The number of carbonyl (C=O) groups is 1. The van der Waals surface area contributed by atoms with Gasteiger partial charge >= 0.3 is 0 Å². The van der Waals surface area contributed by atoms with Crippen LogP contribution in [-0.2, 0) is 11.2 Å². The number of benzene rings is 2. The summed E-state index contributed by atoms with van der Waals surface area (Å²) in [7, 11) is 0. The third-order valence-electron chi connectivity index (χ3n) is 3.54. The lowest BCUT2D eigenvalue weighted by atomic mass is 10.1. The van der Waals surface area contributed by atoms with Crippen molar-refractivity contribution in [1.82, 2.24) is 5.32 Å². The van der Waals surface area contributed by atoms with Crippen LogP contribution in [0, 0.1) is 6.92 Å². The topological polar surface area (TPSA) is 38.3 Å². The zero-order chi connectivity index (χ0) is 16.7. The SMILES string of the molecule is Cc1ccc(CCCNC(=O)[C@H](C)Oc2cccc(Cl)c2)cc1. The Hall–Kier alpha value is -2.00. The van der Waals surface area contributed by atoms with E-state index in [-0.39, 0.29) is 5.91 Å². The molecule has 0 saturated carbocycles. The van der Waals surface area contributed by atoms with Gasteiger partial charge in [-0.2, -0.15) is 0 Å². The van der Waals surface area contributed by atoms with Crippen LogP contribution in [0.15, 0.2) is 48.5 Å². The first-order chi connectivity index (χ1) is 11.0. The summed E-state index contributed by atoms with van der Waals surface area (Å²) in [5, 5.41) is 3.49. The van der Waals surface area contributed by atoms with E-state index in [4.69, 9.17) is 16.3 Å². The minimum atomic E-state index is -0.548. The van der Waals surface area contributed by atoms with Gasteiger partial charge in [0.2, 0.25) is 0 Å². The first-order valence-corrected chi connectivity index (χ1v) is 8.18. The molecule has 0 unspecified atom stereocenters. The van der Waals surface area contributed by atoms with Gasteiger partial charge in [-0.25, -0.2) is 0 Å². The highest BCUT2D eigenvalue weighted by Gasteiger charge is 2.13. The summed E-state index contributed by atoms with van der Waals surface area (Å²) in [6.45, 7) is 4.44. The summed E-state index contributed by atoms with van der Waals surface area (Å²) < 4.78 is 5.59. The van der Waals surface area contributed by atoms with Crippen LogP contribution in [0.5, 0.6) is 5.75 Å². The van der Waals surface area contributed by atoms with E-state index in [0.717, 1.165) is 12.8 Å². The molecule has 1 amide bonds. The molecule has 122 valence electrons. The van der Waals surface area contributed by atoms with Crippen molar-refractivity contribution >= 4 is 17.5 Å². The second kappa shape index (κ2) is 8.59. The van der Waals surface area contributed by atoms with E-state index in [0.29, 0.717) is 17.3 Å². The van der Waals surface area contributed by atoms with Crippen LogP contribution in [0.1, 0.15) is 24.5 Å². The van der Waals surface area contributed by atoms with Gasteiger partial charge in [0, 0.05) is 11.6 Å². The molecule has 0 heterocycles. The van der Waals surface area contributed by atoms with Crippen LogP contribution in [0.2, 0.25) is 5.02 Å². The quantitative estimate of drug-likeness (QED) is 0.773. The predicted octanol–water partition coefficient (Wildman–Crippen LogP) is 4.16. The van der Waals surface area contributed by atoms with Crippen molar-refractivity contribution in [3.8, 4) is 5.75 Å². The fraction of sp³-hybridized carbons (Fsp3) is 0.316. The van der Waals surface area contributed by atoms with Crippen molar-refractivity contribution in [3.63, 3.8) is 0 Å². The molecule has 1 atom stereocenters. The normalized spacial score (nSPS) is 11.8. The molecule has 23 heavy (non-hydrogen) atoms. The number of aryl methyl sites for hydroxylation is 2. The minimum absolute atomic E-state index is 0.117. The van der Waals surface area contributed by atoms with Gasteiger partial charge in [-0.1, -0.05) is 47.5 Å². The van der Waals surface area contributed by atoms with Crippen molar-refractivity contribution < 1.29 is 9.53 Å². The second-order valence-electron chi connectivity index (χ2n) is 5.60. The lowest BCUT2D eigenvalue weighted by Gasteiger charge is -2.15. The van der Waals surface area contributed by atoms with Crippen molar-refractivity contribution in [2.24, 2.45) is 0 Å². The van der Waals surface area contributed by atoms with E-state index in [1.54, 1.807) is 31.2 Å². The van der Waals surface area contributed by atoms with Gasteiger partial charge in [0.05, 0.1) is 0 Å². The maximum atomic E-state index is 12.0. The van der Waals surface area contributed by atoms with Gasteiger partial charge in [-0.3, -0.25) is 4.79 Å². The molecule has 3 nitrogen and oxygen atoms in total. The molecule has 0 aromatic heterocycles. The molecule has 2 rings (SSSR count). The van der Waals surface area contributed by atoms with E-state index < -0.39 is 6.10 Å². The first kappa shape index (κ1) is 17.4. The predicted molar refractivity (Wildman–Crippen MR) is 94.1 cm³/mol. The zero-order valence-corrected chi connectivity index (χ0v) is 14.3. The maximum absolute atomic E-state index is 12.0. The molecular weight excluding hydrogens is 310 g/mol. The van der Waals surface area contributed by atoms with Crippen LogP contribution in [0.25, 0.3) is 0 Å². The molecule has 0 aliphatic heterocycles. The van der Waals surface area contributed by atoms with Crippen LogP contribution in [-0.4, -0.2) is 18.6 Å². The van der Waals surface area contributed by atoms with E-state index in [1.165, 1.54) is 11.1 Å². The molecule has 0 aliphatic rings. The molecular formula is C19H22ClNO2. The van der Waals surface area contributed by atoms with Gasteiger partial charge in [-0.15, -0.1) is 0 Å². The highest BCUT2D eigenvalue weighted by molar-refractivity contribution is 6.30. The molecule has 0 spiro atoms. The van der Waals surface area contributed by atoms with Gasteiger partial charge < -0.3 is 10.1 Å². The molecule has 0 radical (unpaired) electrons. The van der Waals surface area contributed by atoms with Crippen LogP contribution in [0.4, 0.5) is 0 Å². The molecule has 0 aliphatic carbocycles. The average molecular weight is 332 g/mol. The van der Waals surface area contributed by atoms with Crippen molar-refractivity contribution in [2.75, 3.05) is 6.54 Å². The highest BCUT2D eigenvalue weighted by Crippen LogP contribution is 2.18. The highest BCUT2D eigenvalue weighted by atomic mass is 35.5. The standard InChI is InChI=1S/C19H22ClNO2/c1-14-8-10-16(11-9-14)5-4-12-21-19(22)15(2)23-18-7-3-6-17(20)13-18/h3,6-11,13,15H,4-5,12H2,1-2H3,(H,21,22)/t15-/m0/s1. The summed E-state index contributed by atoms with van der Waals surface area (Å²) in [6, 6.07) is 15.5. The summed E-state index contributed by atoms with van der Waals surface area (Å²) in [4.78, 5) is 12.0. The second-order valence-corrected chi connectivity index (χ2v) is 6.03. The fourth-order valence-electron chi connectivity index (χ4n) is 2.20. The third kappa shape index (κ3) is 5.95. The lowest BCUT2D eigenvalue weighted by Crippen LogP contribution is -2.36. The van der Waals surface area contributed by atoms with E-state index in [1.807, 2.05) is 0 Å². The summed E-state index contributed by atoms with van der Waals surface area (Å²) in [5.41, 5.74) is 2.54. The Labute approximate surface area is 142 Å².